The number of aryl methyl sites for hydroxylation is 2. The summed E-state index contributed by atoms with van der Waals surface area (Å²) < 4.78 is 8.75. The molecule has 0 spiro atoms. The minimum atomic E-state index is -1.10. The number of nitrogens with one attached hydrogen (secondary N) is 1. The van der Waals surface area contributed by atoms with E-state index in [4.69, 9.17) is 16.3 Å². The maximum atomic E-state index is 12.6. The molecule has 0 aliphatic rings. The molecule has 30 heavy (non-hydrogen) atoms. The van der Waals surface area contributed by atoms with Gasteiger partial charge in [0.25, 0.3) is 11.5 Å². The summed E-state index contributed by atoms with van der Waals surface area (Å²) in [4.78, 5) is 24.7. The van der Waals surface area contributed by atoms with Gasteiger partial charge >= 0.3 is 0 Å². The Morgan fingerprint density at radius 3 is 2.47 bits per heavy atom. The Morgan fingerprint density at radius 1 is 1.13 bits per heavy atom. The Balaban J connectivity index is 1.63. The summed E-state index contributed by atoms with van der Waals surface area (Å²) in [6.45, 7) is 7.59. The van der Waals surface area contributed by atoms with Crippen LogP contribution in [0.4, 0.5) is 0 Å². The highest BCUT2D eigenvalue weighted by Crippen LogP contribution is 2.21. The lowest BCUT2D eigenvalue weighted by atomic mass is 10.1. The van der Waals surface area contributed by atoms with E-state index in [2.05, 4.69) is 15.5 Å². The van der Waals surface area contributed by atoms with Crippen LogP contribution in [0, 0.1) is 13.8 Å². The molecule has 0 radical (unpaired) electrons. The van der Waals surface area contributed by atoms with Crippen molar-refractivity contribution in [2.75, 3.05) is 6.54 Å². The highest BCUT2D eigenvalue weighted by molar-refractivity contribution is 6.30. The molecule has 3 aromatic rings. The molecular formula is C21H24ClN5O3. The van der Waals surface area contributed by atoms with E-state index in [1.807, 2.05) is 19.9 Å². The monoisotopic (exact) mass is 429 g/mol. The Hall–Kier alpha value is -3.13. The van der Waals surface area contributed by atoms with Crippen molar-refractivity contribution in [1.29, 1.82) is 0 Å². The molecule has 158 valence electrons. The number of hydrogen-bond donors (Lipinski definition) is 1. The first-order chi connectivity index (χ1) is 14.2. The molecular weight excluding hydrogens is 406 g/mol. The van der Waals surface area contributed by atoms with Crippen LogP contribution in [0.25, 0.3) is 5.82 Å². The number of carbonyl (C=O) groups excluding carboxylic acids is 1. The average molecular weight is 430 g/mol. The van der Waals surface area contributed by atoms with Crippen LogP contribution < -0.4 is 15.6 Å². The molecule has 1 N–H and O–H groups in total. The van der Waals surface area contributed by atoms with E-state index < -0.39 is 5.60 Å². The summed E-state index contributed by atoms with van der Waals surface area (Å²) in [5.41, 5.74) is 0.422. The van der Waals surface area contributed by atoms with Crippen LogP contribution in [-0.4, -0.2) is 37.6 Å². The van der Waals surface area contributed by atoms with Crippen molar-refractivity contribution in [2.24, 2.45) is 0 Å². The lowest BCUT2D eigenvalue weighted by Crippen LogP contribution is -2.47. The summed E-state index contributed by atoms with van der Waals surface area (Å²) in [5, 5.41) is 12.1. The predicted octanol–water partition coefficient (Wildman–Crippen LogP) is 2.67. The Bertz CT molecular complexity index is 1100. The van der Waals surface area contributed by atoms with Crippen molar-refractivity contribution in [1.82, 2.24) is 24.9 Å². The van der Waals surface area contributed by atoms with E-state index in [1.165, 1.54) is 10.7 Å². The quantitative estimate of drug-likeness (QED) is 0.623. The first-order valence-electron chi connectivity index (χ1n) is 9.50. The van der Waals surface area contributed by atoms with Gasteiger partial charge in [-0.05, 0) is 64.1 Å². The minimum absolute atomic E-state index is 0.217. The molecule has 3 rings (SSSR count). The molecule has 0 unspecified atom stereocenters. The third-order valence-electron chi connectivity index (χ3n) is 4.42. The van der Waals surface area contributed by atoms with Gasteiger partial charge < -0.3 is 10.1 Å². The first-order valence-corrected chi connectivity index (χ1v) is 9.88. The summed E-state index contributed by atoms with van der Waals surface area (Å²) >= 11 is 5.87. The van der Waals surface area contributed by atoms with E-state index in [0.29, 0.717) is 16.6 Å². The first kappa shape index (κ1) is 21.6. The molecule has 9 heteroatoms. The molecule has 0 aliphatic heterocycles. The summed E-state index contributed by atoms with van der Waals surface area (Å²) in [6, 6.07) is 11.8. The minimum Gasteiger partial charge on any atom is -0.478 e. The van der Waals surface area contributed by atoms with Crippen LogP contribution in [0.15, 0.2) is 47.3 Å². The highest BCUT2D eigenvalue weighted by atomic mass is 35.5. The Kier molecular flexibility index (Phi) is 6.26. The number of carbonyl (C=O) groups is 1. The third-order valence-corrected chi connectivity index (χ3v) is 4.67. The number of nitrogens with zero attached hydrogens (tertiary/aromatic N) is 4. The van der Waals surface area contributed by atoms with Crippen molar-refractivity contribution in [3.63, 3.8) is 0 Å². The van der Waals surface area contributed by atoms with Gasteiger partial charge in [0.1, 0.15) is 5.75 Å². The molecule has 2 heterocycles. The fraction of sp³-hybridized carbons (Fsp3) is 0.333. The zero-order chi connectivity index (χ0) is 21.9. The van der Waals surface area contributed by atoms with E-state index in [0.717, 1.165) is 11.4 Å². The fourth-order valence-corrected chi connectivity index (χ4v) is 3.03. The van der Waals surface area contributed by atoms with Gasteiger partial charge in [-0.25, -0.2) is 9.36 Å². The number of amides is 1. The summed E-state index contributed by atoms with van der Waals surface area (Å²) in [5.74, 6) is 0.771. The average Bonchev–Trinajstić information content (AvgIpc) is 3.03. The number of hydrogen-bond acceptors (Lipinski definition) is 5. The van der Waals surface area contributed by atoms with Crippen molar-refractivity contribution in [2.45, 2.75) is 39.8 Å². The standard InChI is InChI=1S/C21H24ClN5O3/c1-14-13-15(2)27(24-14)18-9-10-19(28)26(25-18)12-11-23-20(29)21(3,4)30-17-7-5-16(22)6-8-17/h5-10,13H,11-12H2,1-4H3,(H,23,29). The SMILES string of the molecule is Cc1cc(C)n(-c2ccc(=O)n(CCNC(=O)C(C)(C)Oc3ccc(Cl)cc3)n2)n1. The number of benzene rings is 1. The van der Waals surface area contributed by atoms with Crippen LogP contribution in [0.1, 0.15) is 25.2 Å². The van der Waals surface area contributed by atoms with Crippen molar-refractivity contribution < 1.29 is 9.53 Å². The van der Waals surface area contributed by atoms with Gasteiger partial charge in [0.15, 0.2) is 11.4 Å². The second-order valence-electron chi connectivity index (χ2n) is 7.41. The number of ether oxygens (including phenoxy) is 1. The lowest BCUT2D eigenvalue weighted by molar-refractivity contribution is -0.134. The van der Waals surface area contributed by atoms with E-state index in [-0.39, 0.29) is 24.6 Å². The maximum absolute atomic E-state index is 12.6. The largest absolute Gasteiger partial charge is 0.478 e. The fourth-order valence-electron chi connectivity index (χ4n) is 2.90. The van der Waals surface area contributed by atoms with Gasteiger partial charge in [-0.3, -0.25) is 9.59 Å². The maximum Gasteiger partial charge on any atom is 0.266 e. The zero-order valence-corrected chi connectivity index (χ0v) is 18.1. The lowest BCUT2D eigenvalue weighted by Gasteiger charge is -2.25. The van der Waals surface area contributed by atoms with Crippen molar-refractivity contribution >= 4 is 17.5 Å². The van der Waals surface area contributed by atoms with E-state index >= 15 is 0 Å². The Labute approximate surface area is 179 Å². The summed E-state index contributed by atoms with van der Waals surface area (Å²) in [7, 11) is 0. The van der Waals surface area contributed by atoms with Crippen molar-refractivity contribution in [3.8, 4) is 11.6 Å². The Morgan fingerprint density at radius 2 is 1.83 bits per heavy atom. The van der Waals surface area contributed by atoms with Gasteiger partial charge in [-0.15, -0.1) is 5.10 Å². The molecule has 1 amide bonds. The topological polar surface area (TPSA) is 91.0 Å². The van der Waals surface area contributed by atoms with Gasteiger partial charge in [0.2, 0.25) is 0 Å². The van der Waals surface area contributed by atoms with Gasteiger partial charge in [0, 0.05) is 23.3 Å². The second kappa shape index (κ2) is 8.71. The molecule has 0 fully saturated rings. The normalized spacial score (nSPS) is 11.4. The van der Waals surface area contributed by atoms with Crippen LogP contribution in [-0.2, 0) is 11.3 Å². The third kappa shape index (κ3) is 5.07. The summed E-state index contributed by atoms with van der Waals surface area (Å²) in [6.07, 6.45) is 0. The van der Waals surface area contributed by atoms with Crippen LogP contribution >= 0.6 is 11.6 Å². The molecule has 0 aliphatic carbocycles. The molecule has 8 nitrogen and oxygen atoms in total. The molecule has 0 saturated carbocycles. The molecule has 2 aromatic heterocycles. The number of halogens is 1. The number of aromatic nitrogens is 4. The van der Waals surface area contributed by atoms with Crippen molar-refractivity contribution in [3.05, 3.63) is 69.2 Å². The van der Waals surface area contributed by atoms with Crippen LogP contribution in [0.2, 0.25) is 5.02 Å². The second-order valence-corrected chi connectivity index (χ2v) is 7.85. The zero-order valence-electron chi connectivity index (χ0n) is 17.3. The van der Waals surface area contributed by atoms with E-state index in [9.17, 15) is 9.59 Å². The molecule has 1 aromatic carbocycles. The highest BCUT2D eigenvalue weighted by Gasteiger charge is 2.29. The van der Waals surface area contributed by atoms with Gasteiger partial charge in [-0.2, -0.15) is 5.10 Å². The molecule has 0 atom stereocenters. The van der Waals surface area contributed by atoms with Gasteiger partial charge in [-0.1, -0.05) is 11.6 Å². The predicted molar refractivity (Wildman–Crippen MR) is 114 cm³/mol. The molecule has 0 bridgehead atoms. The van der Waals surface area contributed by atoms with Gasteiger partial charge in [0.05, 0.1) is 12.2 Å². The number of rotatable bonds is 7. The van der Waals surface area contributed by atoms with Crippen LogP contribution in [0.3, 0.4) is 0 Å². The molecule has 0 saturated heterocycles. The van der Waals surface area contributed by atoms with E-state index in [1.54, 1.807) is 48.9 Å². The van der Waals surface area contributed by atoms with Crippen LogP contribution in [0.5, 0.6) is 5.75 Å². The smallest absolute Gasteiger partial charge is 0.266 e.